The Morgan fingerprint density at radius 3 is 2.36 bits per heavy atom. The van der Waals surface area contributed by atoms with Crippen LogP contribution in [0.15, 0.2) is 108 Å². The van der Waals surface area contributed by atoms with Crippen molar-refractivity contribution in [1.82, 2.24) is 9.71 Å². The number of ether oxygens (including phenoxy) is 1. The molecule has 8 nitrogen and oxygen atoms in total. The maximum absolute atomic E-state index is 13.3. The Hall–Kier alpha value is -4.05. The van der Waals surface area contributed by atoms with E-state index < -0.39 is 22.0 Å². The van der Waals surface area contributed by atoms with Crippen LogP contribution in [0.25, 0.3) is 0 Å². The Labute approximate surface area is 210 Å². The number of nitrogens with one attached hydrogen (secondary N) is 2. The van der Waals surface area contributed by atoms with Crippen LogP contribution in [0.2, 0.25) is 0 Å². The summed E-state index contributed by atoms with van der Waals surface area (Å²) in [6, 6.07) is 25.2. The smallest absolute Gasteiger partial charge is 0.247 e. The summed E-state index contributed by atoms with van der Waals surface area (Å²) in [7, 11) is -4.04. The number of pyridine rings is 1. The van der Waals surface area contributed by atoms with E-state index in [1.54, 1.807) is 42.5 Å². The van der Waals surface area contributed by atoms with Gasteiger partial charge in [0, 0.05) is 24.6 Å². The van der Waals surface area contributed by atoms with Gasteiger partial charge in [0.05, 0.1) is 0 Å². The number of hydrogen-bond donors (Lipinski definition) is 3. The van der Waals surface area contributed by atoms with E-state index in [-0.39, 0.29) is 4.90 Å². The topological polar surface area (TPSA) is 123 Å². The van der Waals surface area contributed by atoms with Gasteiger partial charge in [0.2, 0.25) is 15.9 Å². The zero-order valence-corrected chi connectivity index (χ0v) is 20.2. The molecule has 0 aliphatic heterocycles. The molecule has 1 aromatic heterocycles. The molecule has 4 N–H and O–H groups in total. The van der Waals surface area contributed by atoms with Crippen LogP contribution < -0.4 is 20.5 Å². The molecule has 0 bridgehead atoms. The highest BCUT2D eigenvalue weighted by molar-refractivity contribution is 7.89. The van der Waals surface area contributed by atoms with Gasteiger partial charge >= 0.3 is 0 Å². The van der Waals surface area contributed by atoms with Crippen molar-refractivity contribution in [3.63, 3.8) is 0 Å². The zero-order valence-electron chi connectivity index (χ0n) is 19.4. The van der Waals surface area contributed by atoms with E-state index in [9.17, 15) is 13.2 Å². The minimum absolute atomic E-state index is 0.0456. The van der Waals surface area contributed by atoms with E-state index in [4.69, 9.17) is 10.5 Å². The number of carbonyl (C=O) groups excluding carboxylic acids is 1. The van der Waals surface area contributed by atoms with Crippen LogP contribution in [-0.2, 0) is 28.0 Å². The molecule has 1 heterocycles. The fourth-order valence-corrected chi connectivity index (χ4v) is 4.64. The lowest BCUT2D eigenvalue weighted by atomic mass is 10.1. The normalized spacial score (nSPS) is 12.0. The van der Waals surface area contributed by atoms with Gasteiger partial charge in [0.25, 0.3) is 0 Å². The van der Waals surface area contributed by atoms with Gasteiger partial charge in [-0.25, -0.2) is 8.42 Å². The van der Waals surface area contributed by atoms with E-state index in [1.807, 2.05) is 36.4 Å². The second kappa shape index (κ2) is 11.6. The first kappa shape index (κ1) is 25.1. The number of nitrogens with zero attached hydrogens (tertiary/aromatic N) is 1. The molecule has 1 amide bonds. The highest BCUT2D eigenvalue weighted by Crippen LogP contribution is 2.23. The average molecular weight is 503 g/mol. The molecule has 3 aromatic carbocycles. The van der Waals surface area contributed by atoms with Gasteiger partial charge in [0.1, 0.15) is 23.3 Å². The van der Waals surface area contributed by atoms with Gasteiger partial charge < -0.3 is 15.8 Å². The largest absolute Gasteiger partial charge is 0.489 e. The first-order valence-corrected chi connectivity index (χ1v) is 12.7. The lowest BCUT2D eigenvalue weighted by Crippen LogP contribution is -2.37. The summed E-state index contributed by atoms with van der Waals surface area (Å²) in [5, 5.41) is 2.78. The summed E-state index contributed by atoms with van der Waals surface area (Å²) in [5.41, 5.74) is 8.51. The summed E-state index contributed by atoms with van der Waals surface area (Å²) in [6.07, 6.45) is 2.70. The number of hydrogen-bond acceptors (Lipinski definition) is 6. The van der Waals surface area contributed by atoms with E-state index in [1.165, 1.54) is 24.5 Å². The molecule has 9 heteroatoms. The van der Waals surface area contributed by atoms with Crippen LogP contribution in [0.1, 0.15) is 22.7 Å². The van der Waals surface area contributed by atoms with Crippen molar-refractivity contribution < 1.29 is 17.9 Å². The number of benzene rings is 3. The highest BCUT2D eigenvalue weighted by Gasteiger charge is 2.28. The Kier molecular flexibility index (Phi) is 8.06. The Morgan fingerprint density at radius 2 is 1.67 bits per heavy atom. The molecule has 0 saturated heterocycles. The van der Waals surface area contributed by atoms with Crippen LogP contribution in [0, 0.1) is 0 Å². The molecular formula is C27H26N4O4S. The Morgan fingerprint density at radius 1 is 0.917 bits per heavy atom. The lowest BCUT2D eigenvalue weighted by Gasteiger charge is -2.19. The van der Waals surface area contributed by atoms with Gasteiger partial charge in [-0.15, -0.1) is 0 Å². The number of rotatable bonds is 10. The van der Waals surface area contributed by atoms with Crippen LogP contribution >= 0.6 is 0 Å². The summed E-state index contributed by atoms with van der Waals surface area (Å²) in [4.78, 5) is 17.1. The van der Waals surface area contributed by atoms with Gasteiger partial charge in [-0.2, -0.15) is 4.72 Å². The number of aromatic nitrogens is 1. The van der Waals surface area contributed by atoms with Crippen molar-refractivity contribution in [2.24, 2.45) is 5.73 Å². The highest BCUT2D eigenvalue weighted by atomic mass is 32.2. The van der Waals surface area contributed by atoms with Crippen LogP contribution in [0.3, 0.4) is 0 Å². The molecule has 0 fully saturated rings. The summed E-state index contributed by atoms with van der Waals surface area (Å²) < 4.78 is 34.4. The molecule has 0 spiro atoms. The monoisotopic (exact) mass is 502 g/mol. The van der Waals surface area contributed by atoms with Crippen molar-refractivity contribution in [1.29, 1.82) is 0 Å². The van der Waals surface area contributed by atoms with Crippen molar-refractivity contribution >= 4 is 21.6 Å². The third-order valence-electron chi connectivity index (χ3n) is 5.37. The number of sulfonamides is 1. The second-order valence-corrected chi connectivity index (χ2v) is 9.69. The zero-order chi connectivity index (χ0) is 25.4. The standard InChI is InChI=1S/C27H26N4O4S/c28-17-21-8-4-9-23(16-21)30-27(32)26(31-36(33,34)25-10-5-15-29-18-25)22-11-13-24(14-12-22)35-19-20-6-2-1-3-7-20/h1-16,18,26,31H,17,19,28H2,(H,30,32)/t26-/m1/s1. The van der Waals surface area contributed by atoms with Crippen molar-refractivity contribution in [2.75, 3.05) is 5.32 Å². The van der Waals surface area contributed by atoms with Crippen molar-refractivity contribution in [3.05, 3.63) is 120 Å². The van der Waals surface area contributed by atoms with Crippen LogP contribution in [0.4, 0.5) is 5.69 Å². The van der Waals surface area contributed by atoms with E-state index in [2.05, 4.69) is 15.0 Å². The number of carbonyl (C=O) groups is 1. The maximum atomic E-state index is 13.3. The molecule has 0 aliphatic rings. The van der Waals surface area contributed by atoms with E-state index in [0.29, 0.717) is 30.2 Å². The third kappa shape index (κ3) is 6.54. The molecule has 36 heavy (non-hydrogen) atoms. The predicted octanol–water partition coefficient (Wildman–Crippen LogP) is 3.78. The Balaban J connectivity index is 1.57. The number of nitrogens with two attached hydrogens (primary N) is 1. The van der Waals surface area contributed by atoms with Crippen LogP contribution in [-0.4, -0.2) is 19.3 Å². The fourth-order valence-electron chi connectivity index (χ4n) is 3.49. The van der Waals surface area contributed by atoms with Gasteiger partial charge in [0.15, 0.2) is 0 Å². The molecule has 4 rings (SSSR count). The average Bonchev–Trinajstić information content (AvgIpc) is 2.92. The van der Waals surface area contributed by atoms with Gasteiger partial charge in [-0.05, 0) is 53.1 Å². The maximum Gasteiger partial charge on any atom is 0.247 e. The lowest BCUT2D eigenvalue weighted by molar-refractivity contribution is -0.117. The summed E-state index contributed by atoms with van der Waals surface area (Å²) >= 11 is 0. The summed E-state index contributed by atoms with van der Waals surface area (Å²) in [5.74, 6) is 0.0436. The van der Waals surface area contributed by atoms with Gasteiger partial charge in [-0.3, -0.25) is 9.78 Å². The van der Waals surface area contributed by atoms with Gasteiger partial charge in [-0.1, -0.05) is 54.6 Å². The molecule has 1 atom stereocenters. The van der Waals surface area contributed by atoms with Crippen LogP contribution in [0.5, 0.6) is 5.75 Å². The molecule has 184 valence electrons. The third-order valence-corrected chi connectivity index (χ3v) is 6.78. The molecule has 4 aromatic rings. The van der Waals surface area contributed by atoms with Crippen molar-refractivity contribution in [3.8, 4) is 5.75 Å². The molecule has 0 saturated carbocycles. The second-order valence-electron chi connectivity index (χ2n) is 7.98. The minimum atomic E-state index is -4.04. The number of amides is 1. The minimum Gasteiger partial charge on any atom is -0.489 e. The first-order valence-electron chi connectivity index (χ1n) is 11.2. The van der Waals surface area contributed by atoms with E-state index in [0.717, 1.165) is 11.1 Å². The quantitative estimate of drug-likeness (QED) is 0.303. The molecule has 0 unspecified atom stereocenters. The first-order chi connectivity index (χ1) is 17.4. The molecular weight excluding hydrogens is 476 g/mol. The predicted molar refractivity (Wildman–Crippen MR) is 137 cm³/mol. The molecule has 0 aliphatic carbocycles. The van der Waals surface area contributed by atoms with Crippen molar-refractivity contribution in [2.45, 2.75) is 24.1 Å². The Bertz CT molecular complexity index is 1400. The SMILES string of the molecule is NCc1cccc(NC(=O)[C@H](NS(=O)(=O)c2cccnc2)c2ccc(OCc3ccccc3)cc2)c1. The summed E-state index contributed by atoms with van der Waals surface area (Å²) in [6.45, 7) is 0.695. The van der Waals surface area contributed by atoms with E-state index >= 15 is 0 Å². The molecule has 0 radical (unpaired) electrons. The number of anilines is 1. The fraction of sp³-hybridized carbons (Fsp3) is 0.111.